The number of nitrogens with one attached hydrogen (secondary N) is 1. The first-order valence-corrected chi connectivity index (χ1v) is 5.98. The van der Waals surface area contributed by atoms with Gasteiger partial charge in [0.2, 0.25) is 0 Å². The second-order valence-electron chi connectivity index (χ2n) is 4.27. The average molecular weight is 253 g/mol. The Kier molecular flexibility index (Phi) is 4.22. The summed E-state index contributed by atoms with van der Waals surface area (Å²) in [5, 5.41) is 14.2. The van der Waals surface area contributed by atoms with Crippen LogP contribution in [-0.2, 0) is 0 Å². The van der Waals surface area contributed by atoms with Gasteiger partial charge in [-0.1, -0.05) is 18.2 Å². The molecule has 1 aromatic carbocycles. The van der Waals surface area contributed by atoms with Gasteiger partial charge in [0.1, 0.15) is 6.67 Å². The summed E-state index contributed by atoms with van der Waals surface area (Å²) in [5.74, 6) is 0. The Balaban J connectivity index is 2.28. The van der Waals surface area contributed by atoms with Gasteiger partial charge in [0.15, 0.2) is 0 Å². The van der Waals surface area contributed by atoms with Gasteiger partial charge < -0.3 is 5.32 Å². The Morgan fingerprint density at radius 3 is 2.67 bits per heavy atom. The first-order valence-electron chi connectivity index (χ1n) is 5.98. The van der Waals surface area contributed by atoms with Crippen LogP contribution in [0.2, 0.25) is 0 Å². The van der Waals surface area contributed by atoms with Crippen LogP contribution in [0.15, 0.2) is 24.3 Å². The first kappa shape index (κ1) is 12.9. The van der Waals surface area contributed by atoms with E-state index in [-0.39, 0.29) is 5.69 Å². The molecule has 1 N–H and O–H groups in total. The summed E-state index contributed by atoms with van der Waals surface area (Å²) in [5.41, 5.74) is 0.464. The van der Waals surface area contributed by atoms with Crippen LogP contribution in [0.4, 0.5) is 10.1 Å². The topological polar surface area (TPSA) is 58.4 Å². The van der Waals surface area contributed by atoms with Gasteiger partial charge in [-0.25, -0.2) is 4.39 Å². The van der Waals surface area contributed by atoms with E-state index in [1.807, 2.05) is 4.90 Å². The lowest BCUT2D eigenvalue weighted by Gasteiger charge is -2.33. The van der Waals surface area contributed by atoms with Gasteiger partial charge in [0.05, 0.1) is 11.0 Å². The van der Waals surface area contributed by atoms with Crippen molar-refractivity contribution in [3.8, 4) is 0 Å². The van der Waals surface area contributed by atoms with Crippen LogP contribution < -0.4 is 5.32 Å². The molecule has 0 saturated carbocycles. The normalized spacial score (nSPS) is 18.5. The lowest BCUT2D eigenvalue weighted by molar-refractivity contribution is -0.386. The molecule has 1 aliphatic rings. The van der Waals surface area contributed by atoms with E-state index < -0.39 is 17.6 Å². The largest absolute Gasteiger partial charge is 0.314 e. The molecule has 98 valence electrons. The number of benzene rings is 1. The highest BCUT2D eigenvalue weighted by atomic mass is 19.1. The molecule has 2 rings (SSSR count). The minimum absolute atomic E-state index is 0.00122. The van der Waals surface area contributed by atoms with Crippen molar-refractivity contribution in [3.05, 3.63) is 39.9 Å². The quantitative estimate of drug-likeness (QED) is 0.652. The fraction of sp³-hybridized carbons (Fsp3) is 0.500. The SMILES string of the molecule is O=[N+]([O-])c1ccccc1[C@H](CF)N1CCNCC1. The molecule has 6 heteroatoms. The minimum Gasteiger partial charge on any atom is -0.314 e. The summed E-state index contributed by atoms with van der Waals surface area (Å²) >= 11 is 0. The van der Waals surface area contributed by atoms with E-state index in [2.05, 4.69) is 5.32 Å². The second kappa shape index (κ2) is 5.88. The van der Waals surface area contributed by atoms with E-state index in [4.69, 9.17) is 0 Å². The minimum atomic E-state index is -0.606. The number of hydrogen-bond donors (Lipinski definition) is 1. The number of alkyl halides is 1. The zero-order valence-corrected chi connectivity index (χ0v) is 10.0. The number of halogens is 1. The number of piperazine rings is 1. The van der Waals surface area contributed by atoms with Crippen molar-refractivity contribution in [1.29, 1.82) is 0 Å². The summed E-state index contributed by atoms with van der Waals surface area (Å²) in [6, 6.07) is 5.88. The molecular formula is C12H16FN3O2. The van der Waals surface area contributed by atoms with Crippen LogP contribution in [0.5, 0.6) is 0 Å². The molecule has 1 aliphatic heterocycles. The average Bonchev–Trinajstić information content (AvgIpc) is 2.41. The van der Waals surface area contributed by atoms with Crippen LogP contribution in [0.1, 0.15) is 11.6 Å². The maximum Gasteiger partial charge on any atom is 0.274 e. The third kappa shape index (κ3) is 2.65. The highest BCUT2D eigenvalue weighted by molar-refractivity contribution is 5.42. The molecule has 0 bridgehead atoms. The van der Waals surface area contributed by atoms with Crippen LogP contribution in [0.3, 0.4) is 0 Å². The predicted octanol–water partition coefficient (Wildman–Crippen LogP) is 1.51. The van der Waals surface area contributed by atoms with Crippen molar-refractivity contribution in [3.63, 3.8) is 0 Å². The van der Waals surface area contributed by atoms with Crippen LogP contribution in [0, 0.1) is 10.1 Å². The zero-order valence-electron chi connectivity index (χ0n) is 10.0. The highest BCUT2D eigenvalue weighted by Gasteiger charge is 2.27. The maximum atomic E-state index is 13.3. The number of nitro benzene ring substituents is 1. The van der Waals surface area contributed by atoms with Crippen molar-refractivity contribution in [2.75, 3.05) is 32.9 Å². The van der Waals surface area contributed by atoms with E-state index >= 15 is 0 Å². The Morgan fingerprint density at radius 1 is 1.39 bits per heavy atom. The maximum absolute atomic E-state index is 13.3. The van der Waals surface area contributed by atoms with Crippen molar-refractivity contribution >= 4 is 5.69 Å². The smallest absolute Gasteiger partial charge is 0.274 e. The Labute approximate surface area is 105 Å². The van der Waals surface area contributed by atoms with E-state index in [0.717, 1.165) is 13.1 Å². The van der Waals surface area contributed by atoms with Crippen molar-refractivity contribution < 1.29 is 9.31 Å². The van der Waals surface area contributed by atoms with Gasteiger partial charge in [0, 0.05) is 37.8 Å². The first-order chi connectivity index (χ1) is 8.74. The molecule has 1 saturated heterocycles. The van der Waals surface area contributed by atoms with Crippen LogP contribution >= 0.6 is 0 Å². The molecule has 0 radical (unpaired) electrons. The van der Waals surface area contributed by atoms with Crippen molar-refractivity contribution in [2.24, 2.45) is 0 Å². The number of para-hydroxylation sites is 1. The lowest BCUT2D eigenvalue weighted by Crippen LogP contribution is -2.45. The Morgan fingerprint density at radius 2 is 2.06 bits per heavy atom. The summed E-state index contributed by atoms with van der Waals surface area (Å²) in [6.45, 7) is 2.39. The second-order valence-corrected chi connectivity index (χ2v) is 4.27. The molecule has 0 unspecified atom stereocenters. The number of rotatable bonds is 4. The fourth-order valence-electron chi connectivity index (χ4n) is 2.31. The number of hydrogen-bond acceptors (Lipinski definition) is 4. The fourth-order valence-corrected chi connectivity index (χ4v) is 2.31. The van der Waals surface area contributed by atoms with Gasteiger partial charge in [-0.05, 0) is 0 Å². The van der Waals surface area contributed by atoms with Gasteiger partial charge >= 0.3 is 0 Å². The standard InChI is InChI=1S/C12H16FN3O2/c13-9-12(15-7-5-14-6-8-15)10-3-1-2-4-11(10)16(17)18/h1-4,12,14H,5-9H2/t12-/m0/s1. The summed E-state index contributed by atoms with van der Waals surface area (Å²) in [6.07, 6.45) is 0. The van der Waals surface area contributed by atoms with Crippen LogP contribution in [-0.4, -0.2) is 42.7 Å². The van der Waals surface area contributed by atoms with E-state index in [1.165, 1.54) is 6.07 Å². The summed E-state index contributed by atoms with van der Waals surface area (Å²) in [7, 11) is 0. The number of nitro groups is 1. The third-order valence-corrected chi connectivity index (χ3v) is 3.23. The molecule has 0 amide bonds. The van der Waals surface area contributed by atoms with E-state index in [0.29, 0.717) is 18.7 Å². The Bertz CT molecular complexity index is 422. The highest BCUT2D eigenvalue weighted by Crippen LogP contribution is 2.29. The molecule has 0 spiro atoms. The summed E-state index contributed by atoms with van der Waals surface area (Å²) < 4.78 is 13.3. The van der Waals surface area contributed by atoms with Gasteiger partial charge in [-0.15, -0.1) is 0 Å². The van der Waals surface area contributed by atoms with E-state index in [1.54, 1.807) is 18.2 Å². The monoisotopic (exact) mass is 253 g/mol. The van der Waals surface area contributed by atoms with Gasteiger partial charge in [0.25, 0.3) is 5.69 Å². The van der Waals surface area contributed by atoms with Gasteiger partial charge in [-0.3, -0.25) is 15.0 Å². The molecule has 18 heavy (non-hydrogen) atoms. The molecule has 0 aromatic heterocycles. The third-order valence-electron chi connectivity index (χ3n) is 3.23. The zero-order chi connectivity index (χ0) is 13.0. The number of nitrogens with zero attached hydrogens (tertiary/aromatic N) is 2. The molecule has 0 aliphatic carbocycles. The van der Waals surface area contributed by atoms with E-state index in [9.17, 15) is 14.5 Å². The van der Waals surface area contributed by atoms with Gasteiger partial charge in [-0.2, -0.15) is 0 Å². The predicted molar refractivity (Wildman–Crippen MR) is 66.3 cm³/mol. The molecule has 1 fully saturated rings. The summed E-state index contributed by atoms with van der Waals surface area (Å²) in [4.78, 5) is 12.5. The van der Waals surface area contributed by atoms with Crippen molar-refractivity contribution in [1.82, 2.24) is 10.2 Å². The molecular weight excluding hydrogens is 237 g/mol. The molecule has 1 aromatic rings. The molecule has 1 atom stereocenters. The molecule has 1 heterocycles. The molecule has 5 nitrogen and oxygen atoms in total. The lowest BCUT2D eigenvalue weighted by atomic mass is 10.0. The van der Waals surface area contributed by atoms with Crippen LogP contribution in [0.25, 0.3) is 0 Å². The Hall–Kier alpha value is -1.53. The van der Waals surface area contributed by atoms with Crippen molar-refractivity contribution in [2.45, 2.75) is 6.04 Å².